The Labute approximate surface area is 126 Å². The first kappa shape index (κ1) is 16.2. The molecule has 3 nitrogen and oxygen atoms in total. The summed E-state index contributed by atoms with van der Waals surface area (Å²) in [5.74, 6) is 0.0425. The van der Waals surface area contributed by atoms with Crippen LogP contribution in [0.5, 0.6) is 5.75 Å². The summed E-state index contributed by atoms with van der Waals surface area (Å²) >= 11 is 0. The molecule has 1 fully saturated rings. The minimum Gasteiger partial charge on any atom is -0.487 e. The van der Waals surface area contributed by atoms with E-state index in [1.807, 2.05) is 13.0 Å². The normalized spacial score (nSPS) is 23.8. The van der Waals surface area contributed by atoms with Gasteiger partial charge in [-0.1, -0.05) is 13.0 Å². The third-order valence-electron chi connectivity index (χ3n) is 4.22. The van der Waals surface area contributed by atoms with E-state index >= 15 is 0 Å². The first-order chi connectivity index (χ1) is 10.1. The standard InChI is InChI=1S/C17H26FNO2/c1-3-13(19)9-12-7-8-17(16(18)10-12)21-15-6-4-5-14(11-15)20-2/h7-8,10,13-15H,3-6,9,11,19H2,1-2H3. The molecule has 2 rings (SSSR count). The van der Waals surface area contributed by atoms with Crippen molar-refractivity contribution in [1.82, 2.24) is 0 Å². The Morgan fingerprint density at radius 1 is 1.33 bits per heavy atom. The van der Waals surface area contributed by atoms with Crippen molar-refractivity contribution >= 4 is 0 Å². The molecule has 4 heteroatoms. The molecule has 0 aromatic heterocycles. The molecule has 0 radical (unpaired) electrons. The SMILES string of the molecule is CCC(N)Cc1ccc(OC2CCCC(OC)C2)c(F)c1. The van der Waals surface area contributed by atoms with E-state index in [-0.39, 0.29) is 24.1 Å². The maximum absolute atomic E-state index is 14.1. The lowest BCUT2D eigenvalue weighted by molar-refractivity contribution is 0.0197. The fraction of sp³-hybridized carbons (Fsp3) is 0.647. The highest BCUT2D eigenvalue weighted by atomic mass is 19.1. The summed E-state index contributed by atoms with van der Waals surface area (Å²) in [4.78, 5) is 0. The zero-order valence-electron chi connectivity index (χ0n) is 13.0. The van der Waals surface area contributed by atoms with Crippen LogP contribution in [0.25, 0.3) is 0 Å². The van der Waals surface area contributed by atoms with Crippen LogP contribution < -0.4 is 10.5 Å². The molecule has 118 valence electrons. The number of hydrogen-bond acceptors (Lipinski definition) is 3. The molecule has 1 aromatic carbocycles. The number of hydrogen-bond donors (Lipinski definition) is 1. The lowest BCUT2D eigenvalue weighted by Gasteiger charge is -2.28. The van der Waals surface area contributed by atoms with Crippen molar-refractivity contribution in [3.05, 3.63) is 29.6 Å². The zero-order chi connectivity index (χ0) is 15.2. The summed E-state index contributed by atoms with van der Waals surface area (Å²) in [6, 6.07) is 5.26. The Balaban J connectivity index is 1.97. The molecular formula is C17H26FNO2. The van der Waals surface area contributed by atoms with Crippen molar-refractivity contribution < 1.29 is 13.9 Å². The lowest BCUT2D eigenvalue weighted by atomic mass is 9.95. The van der Waals surface area contributed by atoms with Gasteiger partial charge in [0.05, 0.1) is 6.10 Å². The minimum atomic E-state index is -0.296. The van der Waals surface area contributed by atoms with Gasteiger partial charge < -0.3 is 15.2 Å². The van der Waals surface area contributed by atoms with Gasteiger partial charge in [0.15, 0.2) is 11.6 Å². The van der Waals surface area contributed by atoms with E-state index in [0.717, 1.165) is 37.7 Å². The van der Waals surface area contributed by atoms with Crippen molar-refractivity contribution in [1.29, 1.82) is 0 Å². The average molecular weight is 295 g/mol. The van der Waals surface area contributed by atoms with Gasteiger partial charge in [0.25, 0.3) is 0 Å². The first-order valence-electron chi connectivity index (χ1n) is 7.85. The highest BCUT2D eigenvalue weighted by Gasteiger charge is 2.23. The van der Waals surface area contributed by atoms with Gasteiger partial charge in [0.1, 0.15) is 6.10 Å². The molecule has 2 N–H and O–H groups in total. The highest BCUT2D eigenvalue weighted by molar-refractivity contribution is 5.30. The number of halogens is 1. The van der Waals surface area contributed by atoms with E-state index in [4.69, 9.17) is 15.2 Å². The van der Waals surface area contributed by atoms with Crippen LogP contribution in [-0.4, -0.2) is 25.4 Å². The van der Waals surface area contributed by atoms with Gasteiger partial charge in [-0.2, -0.15) is 0 Å². The van der Waals surface area contributed by atoms with Gasteiger partial charge in [-0.25, -0.2) is 4.39 Å². The lowest BCUT2D eigenvalue weighted by Crippen LogP contribution is -2.29. The molecule has 1 saturated carbocycles. The van der Waals surface area contributed by atoms with Crippen LogP contribution in [0.15, 0.2) is 18.2 Å². The molecule has 1 aliphatic rings. The molecule has 0 spiro atoms. The van der Waals surface area contributed by atoms with E-state index in [1.54, 1.807) is 19.2 Å². The van der Waals surface area contributed by atoms with Gasteiger partial charge in [0.2, 0.25) is 0 Å². The van der Waals surface area contributed by atoms with Crippen LogP contribution in [0.3, 0.4) is 0 Å². The van der Waals surface area contributed by atoms with E-state index in [0.29, 0.717) is 12.2 Å². The Morgan fingerprint density at radius 3 is 2.76 bits per heavy atom. The second-order valence-electron chi connectivity index (χ2n) is 5.90. The first-order valence-corrected chi connectivity index (χ1v) is 7.85. The third kappa shape index (κ3) is 4.68. The Hall–Kier alpha value is -1.13. The van der Waals surface area contributed by atoms with Crippen molar-refractivity contribution in [2.45, 2.75) is 63.7 Å². The fourth-order valence-electron chi connectivity index (χ4n) is 2.82. The van der Waals surface area contributed by atoms with Crippen molar-refractivity contribution in [3.8, 4) is 5.75 Å². The van der Waals surface area contributed by atoms with Crippen molar-refractivity contribution in [2.75, 3.05) is 7.11 Å². The topological polar surface area (TPSA) is 44.5 Å². The second-order valence-corrected chi connectivity index (χ2v) is 5.90. The van der Waals surface area contributed by atoms with Gasteiger partial charge in [-0.3, -0.25) is 0 Å². The van der Waals surface area contributed by atoms with Gasteiger partial charge >= 0.3 is 0 Å². The monoisotopic (exact) mass is 295 g/mol. The molecule has 1 aliphatic carbocycles. The number of rotatable bonds is 6. The number of nitrogens with two attached hydrogens (primary N) is 1. The van der Waals surface area contributed by atoms with Crippen LogP contribution >= 0.6 is 0 Å². The zero-order valence-corrected chi connectivity index (χ0v) is 13.0. The molecule has 0 amide bonds. The number of benzene rings is 1. The van der Waals surface area contributed by atoms with Crippen LogP contribution in [0.1, 0.15) is 44.6 Å². The van der Waals surface area contributed by atoms with Crippen molar-refractivity contribution in [3.63, 3.8) is 0 Å². The largest absolute Gasteiger partial charge is 0.487 e. The summed E-state index contributed by atoms with van der Waals surface area (Å²) in [5.41, 5.74) is 6.83. The van der Waals surface area contributed by atoms with Crippen LogP contribution in [0.4, 0.5) is 4.39 Å². The summed E-state index contributed by atoms with van der Waals surface area (Å²) in [7, 11) is 1.72. The highest BCUT2D eigenvalue weighted by Crippen LogP contribution is 2.27. The van der Waals surface area contributed by atoms with E-state index in [9.17, 15) is 4.39 Å². The van der Waals surface area contributed by atoms with E-state index in [1.165, 1.54) is 0 Å². The van der Waals surface area contributed by atoms with Crippen LogP contribution in [0.2, 0.25) is 0 Å². The molecule has 3 atom stereocenters. The molecule has 0 aliphatic heterocycles. The smallest absolute Gasteiger partial charge is 0.165 e. The molecule has 0 saturated heterocycles. The Kier molecular flexibility index (Phi) is 6.00. The molecule has 0 heterocycles. The minimum absolute atomic E-state index is 0.0435. The fourth-order valence-corrected chi connectivity index (χ4v) is 2.82. The number of ether oxygens (including phenoxy) is 2. The van der Waals surface area contributed by atoms with Crippen LogP contribution in [0, 0.1) is 5.82 Å². The van der Waals surface area contributed by atoms with Crippen molar-refractivity contribution in [2.24, 2.45) is 5.73 Å². The Bertz CT molecular complexity index is 452. The average Bonchev–Trinajstić information content (AvgIpc) is 2.50. The van der Waals surface area contributed by atoms with Gasteiger partial charge in [-0.15, -0.1) is 0 Å². The van der Waals surface area contributed by atoms with Gasteiger partial charge in [-0.05, 0) is 49.8 Å². The van der Waals surface area contributed by atoms with Gasteiger partial charge in [0, 0.05) is 19.6 Å². The summed E-state index contributed by atoms with van der Waals surface area (Å²) in [6.07, 6.45) is 5.78. The molecule has 0 bridgehead atoms. The third-order valence-corrected chi connectivity index (χ3v) is 4.22. The molecular weight excluding hydrogens is 269 g/mol. The second kappa shape index (κ2) is 7.76. The summed E-state index contributed by atoms with van der Waals surface area (Å²) < 4.78 is 25.3. The Morgan fingerprint density at radius 2 is 2.10 bits per heavy atom. The summed E-state index contributed by atoms with van der Waals surface area (Å²) in [6.45, 7) is 2.04. The molecule has 21 heavy (non-hydrogen) atoms. The predicted octanol–water partition coefficient (Wildman–Crippen LogP) is 3.44. The molecule has 1 aromatic rings. The van der Waals surface area contributed by atoms with E-state index < -0.39 is 0 Å². The van der Waals surface area contributed by atoms with E-state index in [2.05, 4.69) is 0 Å². The van der Waals surface area contributed by atoms with Crippen LogP contribution in [-0.2, 0) is 11.2 Å². The number of methoxy groups -OCH3 is 1. The maximum Gasteiger partial charge on any atom is 0.165 e. The molecule has 3 unspecified atom stereocenters. The predicted molar refractivity (Wildman–Crippen MR) is 82.1 cm³/mol. The quantitative estimate of drug-likeness (QED) is 0.874. The summed E-state index contributed by atoms with van der Waals surface area (Å²) in [5, 5.41) is 0. The maximum atomic E-state index is 14.1.